The van der Waals surface area contributed by atoms with Gasteiger partial charge in [0.1, 0.15) is 12.6 Å². The molecule has 0 fully saturated rings. The molecule has 7 nitrogen and oxygen atoms in total. The molecule has 0 saturated heterocycles. The number of ether oxygens (including phenoxy) is 1. The molecule has 32 heavy (non-hydrogen) atoms. The maximum Gasteiger partial charge on any atom is 0.407 e. The summed E-state index contributed by atoms with van der Waals surface area (Å²) in [4.78, 5) is 36.7. The fourth-order valence-electron chi connectivity index (χ4n) is 3.92. The molecule has 1 aliphatic rings. The van der Waals surface area contributed by atoms with Crippen LogP contribution in [0, 0.1) is 0 Å². The van der Waals surface area contributed by atoms with Gasteiger partial charge >= 0.3 is 12.1 Å². The van der Waals surface area contributed by atoms with E-state index in [9.17, 15) is 14.4 Å². The summed E-state index contributed by atoms with van der Waals surface area (Å²) in [6, 6.07) is 15.5. The zero-order valence-electron chi connectivity index (χ0n) is 18.2. The summed E-state index contributed by atoms with van der Waals surface area (Å²) in [7, 11) is 1.50. The molecule has 0 aliphatic heterocycles. The lowest BCUT2D eigenvalue weighted by Crippen LogP contribution is -2.42. The number of benzene rings is 2. The van der Waals surface area contributed by atoms with Crippen molar-refractivity contribution in [3.05, 3.63) is 59.7 Å². The molecule has 2 aromatic rings. The lowest BCUT2D eigenvalue weighted by Gasteiger charge is -2.23. The second-order valence-electron chi connectivity index (χ2n) is 7.57. The Kier molecular flexibility index (Phi) is 8.16. The van der Waals surface area contributed by atoms with Gasteiger partial charge in [-0.1, -0.05) is 55.5 Å². The molecular weight excluding hydrogens is 428 g/mol. The smallest absolute Gasteiger partial charge is 0.407 e. The molecule has 0 bridgehead atoms. The number of hydrogen-bond acceptors (Lipinski definition) is 5. The van der Waals surface area contributed by atoms with E-state index in [1.807, 2.05) is 24.3 Å². The summed E-state index contributed by atoms with van der Waals surface area (Å²) in [6.07, 6.45) is -0.140. The molecule has 1 aliphatic carbocycles. The van der Waals surface area contributed by atoms with Gasteiger partial charge in [-0.2, -0.15) is 11.8 Å². The molecule has 1 unspecified atom stereocenters. The van der Waals surface area contributed by atoms with E-state index in [4.69, 9.17) is 9.84 Å². The minimum atomic E-state index is -1.01. The topological polar surface area (TPSA) is 95.9 Å². The normalized spacial score (nSPS) is 13.1. The minimum Gasteiger partial charge on any atom is -0.480 e. The Morgan fingerprint density at radius 3 is 2.25 bits per heavy atom. The summed E-state index contributed by atoms with van der Waals surface area (Å²) in [5.41, 5.74) is 4.67. The second kappa shape index (κ2) is 11.0. The highest BCUT2D eigenvalue weighted by Gasteiger charge is 2.29. The summed E-state index contributed by atoms with van der Waals surface area (Å²) in [5, 5.41) is 11.8. The van der Waals surface area contributed by atoms with Crippen LogP contribution in [0.5, 0.6) is 0 Å². The quantitative estimate of drug-likeness (QED) is 0.531. The van der Waals surface area contributed by atoms with Crippen LogP contribution in [0.4, 0.5) is 4.79 Å². The SMILES string of the molecule is CCC(C(=O)O)N(C)C(=O)CSCCNC(=O)OCC1c2ccccc2-c2ccccc21. The number of nitrogens with zero attached hydrogens (tertiary/aromatic N) is 1. The Labute approximate surface area is 192 Å². The first-order valence-corrected chi connectivity index (χ1v) is 11.7. The van der Waals surface area contributed by atoms with Gasteiger partial charge < -0.3 is 20.1 Å². The summed E-state index contributed by atoms with van der Waals surface area (Å²) in [6.45, 7) is 2.34. The van der Waals surface area contributed by atoms with Gasteiger partial charge in [0, 0.05) is 25.3 Å². The standard InChI is InChI=1S/C24H28N2O5S/c1-3-21(23(28)29)26(2)22(27)15-32-13-12-25-24(30)31-14-20-18-10-6-4-8-16(18)17-9-5-7-11-19(17)20/h4-11,20-21H,3,12-15H2,1-2H3,(H,25,30)(H,28,29). The Bertz CT molecular complexity index is 935. The van der Waals surface area contributed by atoms with Crippen LogP contribution in [0.25, 0.3) is 11.1 Å². The van der Waals surface area contributed by atoms with Gasteiger partial charge in [0.15, 0.2) is 0 Å². The van der Waals surface area contributed by atoms with E-state index >= 15 is 0 Å². The van der Waals surface area contributed by atoms with Gasteiger partial charge in [-0.05, 0) is 28.7 Å². The van der Waals surface area contributed by atoms with Crippen molar-refractivity contribution in [1.82, 2.24) is 10.2 Å². The van der Waals surface area contributed by atoms with Crippen LogP contribution in [0.15, 0.2) is 48.5 Å². The van der Waals surface area contributed by atoms with E-state index in [1.165, 1.54) is 34.8 Å². The number of nitrogens with one attached hydrogen (secondary N) is 1. The third-order valence-electron chi connectivity index (χ3n) is 5.62. The van der Waals surface area contributed by atoms with E-state index in [0.717, 1.165) is 11.1 Å². The monoisotopic (exact) mass is 456 g/mol. The molecule has 3 rings (SSSR count). The van der Waals surface area contributed by atoms with Gasteiger partial charge in [0.2, 0.25) is 5.91 Å². The molecule has 2 N–H and O–H groups in total. The Balaban J connectivity index is 1.40. The first-order chi connectivity index (χ1) is 15.4. The molecule has 2 aromatic carbocycles. The molecular formula is C24H28N2O5S. The molecule has 0 saturated carbocycles. The highest BCUT2D eigenvalue weighted by molar-refractivity contribution is 7.99. The Morgan fingerprint density at radius 1 is 1.09 bits per heavy atom. The van der Waals surface area contributed by atoms with Crippen LogP contribution in [0.1, 0.15) is 30.4 Å². The van der Waals surface area contributed by atoms with E-state index in [2.05, 4.69) is 29.6 Å². The van der Waals surface area contributed by atoms with Gasteiger partial charge in [0.05, 0.1) is 5.75 Å². The second-order valence-corrected chi connectivity index (χ2v) is 8.68. The number of carboxylic acids is 1. The highest BCUT2D eigenvalue weighted by Crippen LogP contribution is 2.44. The number of amides is 2. The van der Waals surface area contributed by atoms with Crippen LogP contribution in [-0.4, -0.2) is 65.7 Å². The van der Waals surface area contributed by atoms with Crippen LogP contribution in [-0.2, 0) is 14.3 Å². The maximum absolute atomic E-state index is 12.1. The molecule has 0 aromatic heterocycles. The number of carbonyl (C=O) groups is 3. The fraction of sp³-hybridized carbons (Fsp3) is 0.375. The number of carboxylic acid groups (broad SMARTS) is 1. The number of alkyl carbamates (subject to hydrolysis) is 1. The number of hydrogen-bond donors (Lipinski definition) is 2. The molecule has 170 valence electrons. The van der Waals surface area contributed by atoms with Crippen molar-refractivity contribution in [3.63, 3.8) is 0 Å². The molecule has 0 radical (unpaired) electrons. The first-order valence-electron chi connectivity index (χ1n) is 10.6. The molecule has 0 spiro atoms. The van der Waals surface area contributed by atoms with Crippen LogP contribution in [0.3, 0.4) is 0 Å². The molecule has 1 atom stereocenters. The number of fused-ring (bicyclic) bond motifs is 3. The van der Waals surface area contributed by atoms with Gasteiger partial charge in [-0.15, -0.1) is 0 Å². The number of carbonyl (C=O) groups excluding carboxylic acids is 2. The average molecular weight is 457 g/mol. The zero-order valence-corrected chi connectivity index (χ0v) is 19.1. The summed E-state index contributed by atoms with van der Waals surface area (Å²) in [5.74, 6) is -0.563. The molecule has 2 amide bonds. The van der Waals surface area contributed by atoms with Gasteiger partial charge in [-0.3, -0.25) is 4.79 Å². The Morgan fingerprint density at radius 2 is 1.69 bits per heavy atom. The summed E-state index contributed by atoms with van der Waals surface area (Å²) < 4.78 is 5.48. The number of aliphatic carboxylic acids is 1. The number of thioether (sulfide) groups is 1. The minimum absolute atomic E-state index is 0.0106. The zero-order chi connectivity index (χ0) is 23.1. The summed E-state index contributed by atoms with van der Waals surface area (Å²) >= 11 is 1.34. The van der Waals surface area contributed by atoms with Crippen molar-refractivity contribution in [3.8, 4) is 11.1 Å². The predicted octanol–water partition coefficient (Wildman–Crippen LogP) is 3.58. The third-order valence-corrected chi connectivity index (χ3v) is 6.56. The van der Waals surface area contributed by atoms with Crippen molar-refractivity contribution >= 4 is 29.7 Å². The predicted molar refractivity (Wildman–Crippen MR) is 125 cm³/mol. The van der Waals surface area contributed by atoms with E-state index in [-0.39, 0.29) is 24.2 Å². The van der Waals surface area contributed by atoms with Crippen molar-refractivity contribution in [2.75, 3.05) is 31.7 Å². The van der Waals surface area contributed by atoms with Crippen LogP contribution < -0.4 is 5.32 Å². The fourth-order valence-corrected chi connectivity index (χ4v) is 4.69. The maximum atomic E-state index is 12.1. The van der Waals surface area contributed by atoms with Crippen LogP contribution in [0.2, 0.25) is 0 Å². The van der Waals surface area contributed by atoms with E-state index in [1.54, 1.807) is 6.92 Å². The lowest BCUT2D eigenvalue weighted by atomic mass is 9.98. The van der Waals surface area contributed by atoms with E-state index < -0.39 is 18.1 Å². The lowest BCUT2D eigenvalue weighted by molar-refractivity contribution is -0.148. The van der Waals surface area contributed by atoms with Crippen molar-refractivity contribution in [1.29, 1.82) is 0 Å². The van der Waals surface area contributed by atoms with E-state index in [0.29, 0.717) is 18.7 Å². The molecule has 8 heteroatoms. The van der Waals surface area contributed by atoms with Gasteiger partial charge in [-0.25, -0.2) is 9.59 Å². The molecule has 0 heterocycles. The Hall–Kier alpha value is -3.00. The number of likely N-dealkylation sites (N-methyl/N-ethyl adjacent to an activating group) is 1. The number of rotatable bonds is 10. The van der Waals surface area contributed by atoms with Crippen molar-refractivity contribution < 1.29 is 24.2 Å². The first kappa shape index (κ1) is 23.7. The van der Waals surface area contributed by atoms with Gasteiger partial charge in [0.25, 0.3) is 0 Å². The highest BCUT2D eigenvalue weighted by atomic mass is 32.2. The largest absolute Gasteiger partial charge is 0.480 e. The third kappa shape index (κ3) is 5.43. The van der Waals surface area contributed by atoms with Crippen molar-refractivity contribution in [2.45, 2.75) is 25.3 Å². The van der Waals surface area contributed by atoms with Crippen LogP contribution >= 0.6 is 11.8 Å². The average Bonchev–Trinajstić information content (AvgIpc) is 3.11. The van der Waals surface area contributed by atoms with Crippen molar-refractivity contribution in [2.24, 2.45) is 0 Å².